The van der Waals surface area contributed by atoms with Crippen molar-refractivity contribution < 1.29 is 19.5 Å². The van der Waals surface area contributed by atoms with E-state index in [0.29, 0.717) is 37.2 Å². The molecular weight excluding hydrogens is 607 g/mol. The molecule has 3 heterocycles. The Labute approximate surface area is 246 Å². The molecule has 1 aromatic heterocycles. The van der Waals surface area contributed by atoms with Gasteiger partial charge in [-0.25, -0.2) is 14.8 Å². The summed E-state index contributed by atoms with van der Waals surface area (Å²) in [6, 6.07) is 6.09. The van der Waals surface area contributed by atoms with Crippen LogP contribution in [0.2, 0.25) is 10.0 Å². The van der Waals surface area contributed by atoms with E-state index in [-0.39, 0.29) is 17.4 Å². The number of benzene rings is 1. The Hall–Kier alpha value is -1.83. The quantitative estimate of drug-likeness (QED) is 0.161. The van der Waals surface area contributed by atoms with E-state index in [0.717, 1.165) is 10.7 Å². The molecule has 0 bridgehead atoms. The third-order valence-electron chi connectivity index (χ3n) is 5.41. The Bertz CT molecular complexity index is 1340. The van der Waals surface area contributed by atoms with Gasteiger partial charge in [0.1, 0.15) is 22.1 Å². The van der Waals surface area contributed by atoms with Gasteiger partial charge >= 0.3 is 5.97 Å². The maximum Gasteiger partial charge on any atom is 0.352 e. The number of hydrogen-bond acceptors (Lipinski definition) is 9. The summed E-state index contributed by atoms with van der Waals surface area (Å²) in [5.41, 5.74) is 1.38. The summed E-state index contributed by atoms with van der Waals surface area (Å²) in [6.45, 7) is 1.91. The van der Waals surface area contributed by atoms with Gasteiger partial charge in [0.05, 0.1) is 10.8 Å². The number of carboxylic acids is 1. The third kappa shape index (κ3) is 6.83. The number of β-lactam (4-membered cyclic amide) rings is 1. The molecule has 200 valence electrons. The molecule has 0 aliphatic carbocycles. The predicted octanol–water partition coefficient (Wildman–Crippen LogP) is 4.99. The second-order valence-electron chi connectivity index (χ2n) is 8.05. The van der Waals surface area contributed by atoms with Crippen molar-refractivity contribution >= 4 is 88.0 Å². The van der Waals surface area contributed by atoms with Crippen LogP contribution >= 0.6 is 70.2 Å². The van der Waals surface area contributed by atoms with E-state index in [9.17, 15) is 19.5 Å². The monoisotopic (exact) mass is 628 g/mol. The van der Waals surface area contributed by atoms with Crippen molar-refractivity contribution in [1.29, 1.82) is 0 Å². The SMILES string of the molecule is CSc1nc(C)cc(SC/C=C/C2=C(C(=O)O)N3C(=O)[C@@H](NC(=O)CSc4cc(Cl)ccc4Cl)C3SC2)n1. The largest absolute Gasteiger partial charge is 0.477 e. The van der Waals surface area contributed by atoms with Crippen LogP contribution in [0.3, 0.4) is 0 Å². The van der Waals surface area contributed by atoms with Gasteiger partial charge in [-0.05, 0) is 43.0 Å². The fourth-order valence-corrected chi connectivity index (χ4v) is 7.59. The predicted molar refractivity (Wildman–Crippen MR) is 155 cm³/mol. The zero-order chi connectivity index (χ0) is 27.4. The number of halogens is 2. The van der Waals surface area contributed by atoms with Crippen LogP contribution in [0, 0.1) is 6.92 Å². The van der Waals surface area contributed by atoms with Gasteiger partial charge in [0.25, 0.3) is 5.91 Å². The van der Waals surface area contributed by atoms with Crippen LogP contribution in [-0.4, -0.2) is 72.7 Å². The summed E-state index contributed by atoms with van der Waals surface area (Å²) in [5.74, 6) is -0.949. The van der Waals surface area contributed by atoms with Crippen molar-refractivity contribution in [2.24, 2.45) is 0 Å². The van der Waals surface area contributed by atoms with E-state index in [1.165, 1.54) is 51.9 Å². The first-order valence-electron chi connectivity index (χ1n) is 11.1. The zero-order valence-corrected chi connectivity index (χ0v) is 24.9. The topological polar surface area (TPSA) is 112 Å². The molecule has 2 atom stereocenters. The molecule has 4 rings (SSSR count). The number of carbonyl (C=O) groups excluding carboxylic acids is 2. The van der Waals surface area contributed by atoms with Gasteiger partial charge in [-0.15, -0.1) is 35.3 Å². The molecule has 2 aliphatic heterocycles. The smallest absolute Gasteiger partial charge is 0.352 e. The number of allylic oxidation sites excluding steroid dienone is 1. The van der Waals surface area contributed by atoms with Gasteiger partial charge in [-0.3, -0.25) is 14.5 Å². The highest BCUT2D eigenvalue weighted by Gasteiger charge is 2.53. The first-order chi connectivity index (χ1) is 18.2. The second kappa shape index (κ2) is 13.0. The Morgan fingerprint density at radius 2 is 2.05 bits per heavy atom. The maximum atomic E-state index is 12.9. The van der Waals surface area contributed by atoms with E-state index in [1.807, 2.05) is 25.3 Å². The van der Waals surface area contributed by atoms with E-state index >= 15 is 0 Å². The summed E-state index contributed by atoms with van der Waals surface area (Å²) in [7, 11) is 0. The number of thioether (sulfide) groups is 4. The average Bonchev–Trinajstić information content (AvgIpc) is 2.89. The van der Waals surface area contributed by atoms with Crippen molar-refractivity contribution in [1.82, 2.24) is 20.2 Å². The summed E-state index contributed by atoms with van der Waals surface area (Å²) in [5, 5.41) is 14.6. The molecular formula is C24H22Cl2N4O4S4. The van der Waals surface area contributed by atoms with Gasteiger partial charge in [-0.2, -0.15) is 0 Å². The molecule has 1 aromatic carbocycles. The number of nitrogens with zero attached hydrogens (tertiary/aromatic N) is 3. The Morgan fingerprint density at radius 1 is 1.26 bits per heavy atom. The number of aromatic nitrogens is 2. The molecule has 2 aliphatic rings. The highest BCUT2D eigenvalue weighted by Crippen LogP contribution is 2.41. The Kier molecular flexibility index (Phi) is 9.99. The number of nitrogens with one attached hydrogen (secondary N) is 1. The summed E-state index contributed by atoms with van der Waals surface area (Å²) >= 11 is 17.8. The van der Waals surface area contributed by atoms with E-state index in [1.54, 1.807) is 24.3 Å². The number of carboxylic acid groups (broad SMARTS) is 1. The minimum Gasteiger partial charge on any atom is -0.477 e. The highest BCUT2D eigenvalue weighted by molar-refractivity contribution is 8.00. The lowest BCUT2D eigenvalue weighted by atomic mass is 10.0. The Balaban J connectivity index is 1.36. The first kappa shape index (κ1) is 29.2. The minimum atomic E-state index is -1.18. The summed E-state index contributed by atoms with van der Waals surface area (Å²) < 4.78 is 0. The number of aliphatic carboxylic acids is 1. The molecule has 8 nitrogen and oxygen atoms in total. The number of fused-ring (bicyclic) bond motifs is 1. The minimum absolute atomic E-state index is 0.0405. The molecule has 1 fully saturated rings. The molecule has 0 spiro atoms. The van der Waals surface area contributed by atoms with Crippen molar-refractivity contribution in [3.8, 4) is 0 Å². The number of hydrogen-bond donors (Lipinski definition) is 2. The van der Waals surface area contributed by atoms with Crippen molar-refractivity contribution in [3.63, 3.8) is 0 Å². The van der Waals surface area contributed by atoms with Gasteiger partial charge in [0.15, 0.2) is 5.16 Å². The molecule has 0 saturated carbocycles. The lowest BCUT2D eigenvalue weighted by molar-refractivity contribution is -0.150. The highest BCUT2D eigenvalue weighted by atomic mass is 35.5. The van der Waals surface area contributed by atoms with Crippen LogP contribution in [0.1, 0.15) is 5.69 Å². The fourth-order valence-electron chi connectivity index (χ4n) is 3.72. The van der Waals surface area contributed by atoms with E-state index < -0.39 is 23.3 Å². The molecule has 1 unspecified atom stereocenters. The molecule has 2 aromatic rings. The first-order valence-corrected chi connectivity index (χ1v) is 16.2. The van der Waals surface area contributed by atoms with Gasteiger partial charge in [-0.1, -0.05) is 47.1 Å². The lowest BCUT2D eigenvalue weighted by Crippen LogP contribution is -2.70. The van der Waals surface area contributed by atoms with E-state index in [2.05, 4.69) is 15.3 Å². The van der Waals surface area contributed by atoms with Gasteiger partial charge < -0.3 is 10.4 Å². The maximum absolute atomic E-state index is 12.9. The van der Waals surface area contributed by atoms with Crippen LogP contribution in [-0.2, 0) is 14.4 Å². The second-order valence-corrected chi connectivity index (χ2v) is 12.8. The lowest BCUT2D eigenvalue weighted by Gasteiger charge is -2.49. The van der Waals surface area contributed by atoms with Crippen LogP contribution < -0.4 is 5.32 Å². The van der Waals surface area contributed by atoms with Gasteiger partial charge in [0, 0.05) is 27.1 Å². The standard InChI is InChI=1S/C24H22Cl2N4O4S4/c1-12-8-18(29-24(27-12)35-2)36-7-3-4-13-10-38-22-19(21(32)30(22)20(13)23(33)34)28-17(31)11-37-16-9-14(25)5-6-15(16)26/h3-6,8-9,19,22H,7,10-11H2,1-2H3,(H,28,31)(H,33,34)/b4-3+/t19-,22?/m1/s1. The average molecular weight is 630 g/mol. The number of amides is 2. The number of carbonyl (C=O) groups is 3. The molecule has 0 radical (unpaired) electrons. The molecule has 38 heavy (non-hydrogen) atoms. The van der Waals surface area contributed by atoms with Crippen LogP contribution in [0.5, 0.6) is 0 Å². The van der Waals surface area contributed by atoms with Crippen molar-refractivity contribution in [3.05, 3.63) is 63.4 Å². The van der Waals surface area contributed by atoms with Crippen molar-refractivity contribution in [2.45, 2.75) is 33.4 Å². The Morgan fingerprint density at radius 3 is 2.79 bits per heavy atom. The molecule has 2 amide bonds. The summed E-state index contributed by atoms with van der Waals surface area (Å²) in [6.07, 6.45) is 5.52. The van der Waals surface area contributed by atoms with Gasteiger partial charge in [0.2, 0.25) is 5.91 Å². The molecule has 14 heteroatoms. The van der Waals surface area contributed by atoms with Crippen molar-refractivity contribution in [2.75, 3.05) is 23.5 Å². The zero-order valence-electron chi connectivity index (χ0n) is 20.1. The van der Waals surface area contributed by atoms with E-state index in [4.69, 9.17) is 23.2 Å². The van der Waals surface area contributed by atoms with Crippen LogP contribution in [0.25, 0.3) is 0 Å². The van der Waals surface area contributed by atoms with Crippen LogP contribution in [0.15, 0.2) is 62.8 Å². The van der Waals surface area contributed by atoms with Crippen LogP contribution in [0.4, 0.5) is 0 Å². The number of aryl methyl sites for hydroxylation is 1. The molecule has 1 saturated heterocycles. The molecule has 2 N–H and O–H groups in total. The number of rotatable bonds is 10. The summed E-state index contributed by atoms with van der Waals surface area (Å²) in [4.78, 5) is 48.2. The third-order valence-corrected chi connectivity index (χ3v) is 9.85. The fraction of sp³-hybridized carbons (Fsp3) is 0.292. The normalized spacial score (nSPS) is 18.9.